The van der Waals surface area contributed by atoms with Gasteiger partial charge in [-0.25, -0.2) is 0 Å². The van der Waals surface area contributed by atoms with Gasteiger partial charge < -0.3 is 25.6 Å². The fraction of sp³-hybridized carbons (Fsp3) is 0.235. The van der Waals surface area contributed by atoms with E-state index in [-0.39, 0.29) is 12.4 Å². The first-order chi connectivity index (χ1) is 11.0. The molecule has 2 aromatic rings. The Hall–Kier alpha value is -2.28. The first-order valence-corrected chi connectivity index (χ1v) is 7.16. The third kappa shape index (κ3) is 5.42. The van der Waals surface area contributed by atoms with Crippen molar-refractivity contribution in [1.29, 1.82) is 0 Å². The van der Waals surface area contributed by atoms with Crippen molar-refractivity contribution in [2.45, 2.75) is 19.1 Å². The summed E-state index contributed by atoms with van der Waals surface area (Å²) in [7, 11) is 1.59. The molecular formula is C17H21ClN2O4. The predicted octanol–water partition coefficient (Wildman–Crippen LogP) is 2.56. The summed E-state index contributed by atoms with van der Waals surface area (Å²) in [5.41, 5.74) is 6.14. The molecule has 0 bridgehead atoms. The fourth-order valence-corrected chi connectivity index (χ4v) is 1.85. The average Bonchev–Trinajstić information content (AvgIpc) is 2.56. The Morgan fingerprint density at radius 3 is 2.33 bits per heavy atom. The number of anilines is 1. The van der Waals surface area contributed by atoms with Gasteiger partial charge in [0.1, 0.15) is 23.3 Å². The number of amides is 1. The Bertz CT molecular complexity index is 662. The Labute approximate surface area is 147 Å². The monoisotopic (exact) mass is 352 g/mol. The molecule has 2 aromatic carbocycles. The lowest BCUT2D eigenvalue weighted by Gasteiger charge is -2.14. The summed E-state index contributed by atoms with van der Waals surface area (Å²) >= 11 is 0. The van der Waals surface area contributed by atoms with Gasteiger partial charge in [-0.3, -0.25) is 4.79 Å². The van der Waals surface area contributed by atoms with Gasteiger partial charge in [-0.05, 0) is 43.3 Å². The molecule has 0 saturated heterocycles. The third-order valence-electron chi connectivity index (χ3n) is 3.22. The first-order valence-electron chi connectivity index (χ1n) is 7.16. The highest BCUT2D eigenvalue weighted by Crippen LogP contribution is 2.26. The van der Waals surface area contributed by atoms with Crippen LogP contribution in [0.5, 0.6) is 17.2 Å². The van der Waals surface area contributed by atoms with Crippen LogP contribution in [0.15, 0.2) is 48.5 Å². The number of hydrogen-bond donors (Lipinski definition) is 3. The van der Waals surface area contributed by atoms with Gasteiger partial charge in [0.25, 0.3) is 0 Å². The summed E-state index contributed by atoms with van der Waals surface area (Å²) in [6.45, 7) is 1.47. The maximum atomic E-state index is 11.8. The number of carbonyl (C=O) groups is 1. The Morgan fingerprint density at radius 1 is 1.12 bits per heavy atom. The first kappa shape index (κ1) is 19.8. The second-order valence-electron chi connectivity index (χ2n) is 5.06. The molecule has 2 atom stereocenters. The van der Waals surface area contributed by atoms with E-state index in [2.05, 4.69) is 5.32 Å². The van der Waals surface area contributed by atoms with Crippen molar-refractivity contribution < 1.29 is 19.4 Å². The zero-order valence-electron chi connectivity index (χ0n) is 13.4. The lowest BCUT2D eigenvalue weighted by molar-refractivity contribution is -0.119. The minimum atomic E-state index is -0.970. The van der Waals surface area contributed by atoms with Crippen molar-refractivity contribution in [1.82, 2.24) is 0 Å². The number of methoxy groups -OCH3 is 1. The van der Waals surface area contributed by atoms with Gasteiger partial charge in [0, 0.05) is 11.8 Å². The van der Waals surface area contributed by atoms with E-state index < -0.39 is 18.1 Å². The predicted molar refractivity (Wildman–Crippen MR) is 95.0 cm³/mol. The van der Waals surface area contributed by atoms with Crippen molar-refractivity contribution in [2.75, 3.05) is 12.4 Å². The summed E-state index contributed by atoms with van der Waals surface area (Å²) in [4.78, 5) is 11.8. The highest BCUT2D eigenvalue weighted by Gasteiger charge is 2.18. The van der Waals surface area contributed by atoms with Crippen molar-refractivity contribution >= 4 is 24.0 Å². The number of nitrogens with one attached hydrogen (secondary N) is 1. The molecule has 0 fully saturated rings. The number of rotatable bonds is 6. The van der Waals surface area contributed by atoms with Crippen LogP contribution in [-0.4, -0.2) is 30.3 Å². The van der Waals surface area contributed by atoms with Crippen LogP contribution in [0.25, 0.3) is 0 Å². The van der Waals surface area contributed by atoms with E-state index in [4.69, 9.17) is 15.2 Å². The lowest BCUT2D eigenvalue weighted by Crippen LogP contribution is -2.43. The zero-order valence-corrected chi connectivity index (χ0v) is 14.2. The number of aliphatic hydroxyl groups is 1. The SMILES string of the molecule is COc1cccc(Oc2ccc(NC(=O)[C@@H](N)[C@@H](C)O)cc2)c1.Cl. The number of ether oxygens (including phenoxy) is 2. The van der Waals surface area contributed by atoms with E-state index >= 15 is 0 Å². The maximum Gasteiger partial charge on any atom is 0.243 e. The molecule has 0 heterocycles. The molecular weight excluding hydrogens is 332 g/mol. The van der Waals surface area contributed by atoms with Crippen molar-refractivity contribution in [3.8, 4) is 17.2 Å². The normalized spacial score (nSPS) is 12.5. The van der Waals surface area contributed by atoms with Gasteiger partial charge in [0.15, 0.2) is 0 Å². The van der Waals surface area contributed by atoms with Gasteiger partial charge in [0.2, 0.25) is 5.91 Å². The van der Waals surface area contributed by atoms with Crippen LogP contribution in [0.1, 0.15) is 6.92 Å². The minimum absolute atomic E-state index is 0. The van der Waals surface area contributed by atoms with Crippen LogP contribution in [0.2, 0.25) is 0 Å². The summed E-state index contributed by atoms with van der Waals surface area (Å²) in [5.74, 6) is 1.54. The van der Waals surface area contributed by atoms with Gasteiger partial charge in [-0.1, -0.05) is 6.07 Å². The Kier molecular flexibility index (Phi) is 7.51. The van der Waals surface area contributed by atoms with Crippen molar-refractivity contribution in [3.63, 3.8) is 0 Å². The number of benzene rings is 2. The van der Waals surface area contributed by atoms with Crippen LogP contribution < -0.4 is 20.5 Å². The quantitative estimate of drug-likeness (QED) is 0.742. The van der Waals surface area contributed by atoms with Crippen molar-refractivity contribution in [2.24, 2.45) is 5.73 Å². The molecule has 0 aliphatic heterocycles. The van der Waals surface area contributed by atoms with Crippen molar-refractivity contribution in [3.05, 3.63) is 48.5 Å². The molecule has 2 rings (SSSR count). The standard InChI is InChI=1S/C17H20N2O4.ClH/c1-11(20)16(18)17(21)19-12-6-8-13(9-7-12)23-15-5-3-4-14(10-15)22-2;/h3-11,16,20H,18H2,1-2H3,(H,19,21);1H/t11-,16+;/m1./s1. The highest BCUT2D eigenvalue weighted by molar-refractivity contribution is 5.95. The summed E-state index contributed by atoms with van der Waals surface area (Å²) in [6, 6.07) is 13.1. The molecule has 0 saturated carbocycles. The summed E-state index contributed by atoms with van der Waals surface area (Å²) in [5, 5.41) is 11.9. The molecule has 0 spiro atoms. The maximum absolute atomic E-state index is 11.8. The molecule has 0 aliphatic carbocycles. The Balaban J connectivity index is 0.00000288. The molecule has 0 radical (unpaired) electrons. The largest absolute Gasteiger partial charge is 0.497 e. The van der Waals surface area contributed by atoms with Gasteiger partial charge in [0.05, 0.1) is 13.2 Å². The second-order valence-corrected chi connectivity index (χ2v) is 5.06. The second kappa shape index (κ2) is 9.12. The average molecular weight is 353 g/mol. The minimum Gasteiger partial charge on any atom is -0.497 e. The fourth-order valence-electron chi connectivity index (χ4n) is 1.85. The molecule has 0 aliphatic rings. The van der Waals surface area contributed by atoms with E-state index in [0.717, 1.165) is 0 Å². The third-order valence-corrected chi connectivity index (χ3v) is 3.22. The number of hydrogen-bond acceptors (Lipinski definition) is 5. The van der Waals surface area contributed by atoms with Gasteiger partial charge >= 0.3 is 0 Å². The molecule has 1 amide bonds. The number of halogens is 1. The van der Waals surface area contributed by atoms with Crippen LogP contribution in [-0.2, 0) is 4.79 Å². The highest BCUT2D eigenvalue weighted by atomic mass is 35.5. The van der Waals surface area contributed by atoms with Gasteiger partial charge in [-0.2, -0.15) is 0 Å². The number of carbonyl (C=O) groups excluding carboxylic acids is 1. The molecule has 7 heteroatoms. The molecule has 0 aromatic heterocycles. The zero-order chi connectivity index (χ0) is 16.8. The van der Waals surface area contributed by atoms with E-state index in [1.165, 1.54) is 6.92 Å². The lowest BCUT2D eigenvalue weighted by atomic mass is 10.2. The van der Waals surface area contributed by atoms with Crippen LogP contribution in [0, 0.1) is 0 Å². The van der Waals surface area contributed by atoms with Crippen LogP contribution in [0.3, 0.4) is 0 Å². The van der Waals surface area contributed by atoms with E-state index in [0.29, 0.717) is 22.9 Å². The Morgan fingerprint density at radius 2 is 1.75 bits per heavy atom. The molecule has 0 unspecified atom stereocenters. The van der Waals surface area contributed by atoms with E-state index in [1.807, 2.05) is 18.2 Å². The molecule has 130 valence electrons. The van der Waals surface area contributed by atoms with E-state index in [9.17, 15) is 9.90 Å². The molecule has 4 N–H and O–H groups in total. The van der Waals surface area contributed by atoms with E-state index in [1.54, 1.807) is 37.4 Å². The number of aliphatic hydroxyl groups excluding tert-OH is 1. The molecule has 24 heavy (non-hydrogen) atoms. The summed E-state index contributed by atoms with van der Waals surface area (Å²) < 4.78 is 10.8. The summed E-state index contributed by atoms with van der Waals surface area (Å²) in [6.07, 6.45) is -0.911. The van der Waals surface area contributed by atoms with Gasteiger partial charge in [-0.15, -0.1) is 12.4 Å². The molecule has 6 nitrogen and oxygen atoms in total. The topological polar surface area (TPSA) is 93.8 Å². The van der Waals surface area contributed by atoms with Crippen LogP contribution in [0.4, 0.5) is 5.69 Å². The smallest absolute Gasteiger partial charge is 0.243 e. The van der Waals surface area contributed by atoms with Crippen LogP contribution >= 0.6 is 12.4 Å². The number of nitrogens with two attached hydrogens (primary N) is 1.